The Labute approximate surface area is 85.8 Å². The number of hydrogen-bond acceptors (Lipinski definition) is 2. The first-order valence-corrected chi connectivity index (χ1v) is 5.81. The van der Waals surface area contributed by atoms with Gasteiger partial charge in [-0.1, -0.05) is 6.92 Å². The lowest BCUT2D eigenvalue weighted by Crippen LogP contribution is -2.42. The molecule has 1 heterocycles. The highest BCUT2D eigenvalue weighted by molar-refractivity contribution is 5.79. The zero-order chi connectivity index (χ0) is 9.97. The average molecular weight is 196 g/mol. The number of fused-ring (bicyclic) bond motifs is 2. The Kier molecular flexibility index (Phi) is 3.06. The molecule has 14 heavy (non-hydrogen) atoms. The molecule has 1 saturated heterocycles. The van der Waals surface area contributed by atoms with Gasteiger partial charge >= 0.3 is 0 Å². The quantitative estimate of drug-likeness (QED) is 0.680. The van der Waals surface area contributed by atoms with Crippen molar-refractivity contribution in [1.29, 1.82) is 0 Å². The van der Waals surface area contributed by atoms with Gasteiger partial charge in [-0.25, -0.2) is 0 Å². The lowest BCUT2D eigenvalue weighted by molar-refractivity contribution is -0.131. The number of hydrogen-bond donors (Lipinski definition) is 1. The molecule has 2 aliphatic rings. The van der Waals surface area contributed by atoms with Crippen LogP contribution in [0.2, 0.25) is 0 Å². The van der Waals surface area contributed by atoms with Gasteiger partial charge in [0.1, 0.15) is 0 Å². The van der Waals surface area contributed by atoms with Crippen molar-refractivity contribution in [3.05, 3.63) is 0 Å². The highest BCUT2D eigenvalue weighted by atomic mass is 16.2. The summed E-state index contributed by atoms with van der Waals surface area (Å²) in [6.45, 7) is 4.64. The van der Waals surface area contributed by atoms with Gasteiger partial charge in [-0.2, -0.15) is 0 Å². The van der Waals surface area contributed by atoms with Crippen molar-refractivity contribution < 1.29 is 4.79 Å². The molecule has 2 bridgehead atoms. The normalized spacial score (nSPS) is 29.9. The number of carbonyl (C=O) groups excluding carboxylic acids is 1. The molecule has 2 rings (SSSR count). The van der Waals surface area contributed by atoms with Crippen molar-refractivity contribution in [3.63, 3.8) is 0 Å². The van der Waals surface area contributed by atoms with Crippen LogP contribution in [0.4, 0.5) is 0 Å². The van der Waals surface area contributed by atoms with Gasteiger partial charge in [0.05, 0.1) is 6.54 Å². The summed E-state index contributed by atoms with van der Waals surface area (Å²) in [4.78, 5) is 13.9. The molecule has 2 atom stereocenters. The molecule has 0 spiro atoms. The number of likely N-dealkylation sites (tertiary alicyclic amines) is 1. The van der Waals surface area contributed by atoms with Gasteiger partial charge in [0, 0.05) is 12.6 Å². The lowest BCUT2D eigenvalue weighted by atomic mass is 10.1. The van der Waals surface area contributed by atoms with Gasteiger partial charge in [0.2, 0.25) is 5.91 Å². The summed E-state index contributed by atoms with van der Waals surface area (Å²) in [5, 5.41) is 3.18. The molecule has 80 valence electrons. The Morgan fingerprint density at radius 1 is 1.50 bits per heavy atom. The summed E-state index contributed by atoms with van der Waals surface area (Å²) in [6.07, 6.45) is 4.94. The standard InChI is InChI=1S/C11H20N2O/c1-2-5-12-7-11(14)13-8-9-3-4-10(13)6-9/h9-10,12H,2-8H2,1H3. The van der Waals surface area contributed by atoms with Crippen LogP contribution in [0.5, 0.6) is 0 Å². The second kappa shape index (κ2) is 4.30. The molecular formula is C11H20N2O. The van der Waals surface area contributed by atoms with E-state index < -0.39 is 0 Å². The Morgan fingerprint density at radius 2 is 2.36 bits per heavy atom. The average Bonchev–Trinajstić information content (AvgIpc) is 2.79. The van der Waals surface area contributed by atoms with Gasteiger partial charge in [-0.05, 0) is 38.1 Å². The van der Waals surface area contributed by atoms with Crippen molar-refractivity contribution >= 4 is 5.91 Å². The Bertz CT molecular complexity index is 217. The van der Waals surface area contributed by atoms with E-state index in [1.807, 2.05) is 0 Å². The summed E-state index contributed by atoms with van der Waals surface area (Å²) < 4.78 is 0. The van der Waals surface area contributed by atoms with E-state index in [2.05, 4.69) is 17.1 Å². The smallest absolute Gasteiger partial charge is 0.236 e. The van der Waals surface area contributed by atoms with E-state index in [1.165, 1.54) is 19.3 Å². The van der Waals surface area contributed by atoms with Crippen LogP contribution in [0.15, 0.2) is 0 Å². The fourth-order valence-corrected chi connectivity index (χ4v) is 2.70. The fraction of sp³-hybridized carbons (Fsp3) is 0.909. The lowest BCUT2D eigenvalue weighted by Gasteiger charge is -2.27. The molecule has 0 aromatic carbocycles. The fourth-order valence-electron chi connectivity index (χ4n) is 2.70. The van der Waals surface area contributed by atoms with Crippen LogP contribution in [-0.2, 0) is 4.79 Å². The van der Waals surface area contributed by atoms with E-state index in [1.54, 1.807) is 0 Å². The van der Waals surface area contributed by atoms with E-state index in [9.17, 15) is 4.79 Å². The van der Waals surface area contributed by atoms with Crippen LogP contribution < -0.4 is 5.32 Å². The molecule has 1 N–H and O–H groups in total. The Balaban J connectivity index is 1.75. The van der Waals surface area contributed by atoms with Crippen molar-refractivity contribution in [3.8, 4) is 0 Å². The first-order chi connectivity index (χ1) is 6.81. The highest BCUT2D eigenvalue weighted by Crippen LogP contribution is 2.37. The molecule has 2 fully saturated rings. The molecule has 3 heteroatoms. The first-order valence-electron chi connectivity index (χ1n) is 5.81. The van der Waals surface area contributed by atoms with Crippen molar-refractivity contribution in [2.45, 2.75) is 38.6 Å². The molecule has 1 amide bonds. The molecule has 2 unspecified atom stereocenters. The van der Waals surface area contributed by atoms with Gasteiger partial charge in [0.25, 0.3) is 0 Å². The third-order valence-electron chi connectivity index (χ3n) is 3.43. The molecule has 0 aromatic rings. The predicted molar refractivity (Wildman–Crippen MR) is 56.0 cm³/mol. The Hall–Kier alpha value is -0.570. The molecular weight excluding hydrogens is 176 g/mol. The monoisotopic (exact) mass is 196 g/mol. The van der Waals surface area contributed by atoms with Crippen LogP contribution in [0, 0.1) is 5.92 Å². The number of carbonyl (C=O) groups is 1. The number of nitrogens with one attached hydrogen (secondary N) is 1. The number of rotatable bonds is 4. The SMILES string of the molecule is CCCNCC(=O)N1CC2CCC1C2. The number of nitrogens with zero attached hydrogens (tertiary/aromatic N) is 1. The number of piperidine rings is 1. The maximum absolute atomic E-state index is 11.8. The van der Waals surface area contributed by atoms with Crippen LogP contribution >= 0.6 is 0 Å². The maximum atomic E-state index is 11.8. The van der Waals surface area contributed by atoms with Gasteiger partial charge in [0.15, 0.2) is 0 Å². The van der Waals surface area contributed by atoms with Crippen LogP contribution in [0.1, 0.15) is 32.6 Å². The molecule has 0 aromatic heterocycles. The summed E-state index contributed by atoms with van der Waals surface area (Å²) in [7, 11) is 0. The van der Waals surface area contributed by atoms with E-state index in [4.69, 9.17) is 0 Å². The van der Waals surface area contributed by atoms with E-state index in [0.717, 1.165) is 25.4 Å². The zero-order valence-corrected chi connectivity index (χ0v) is 8.96. The molecule has 1 saturated carbocycles. The van der Waals surface area contributed by atoms with Crippen molar-refractivity contribution in [2.24, 2.45) is 5.92 Å². The zero-order valence-electron chi connectivity index (χ0n) is 8.96. The second-order valence-corrected chi connectivity index (χ2v) is 4.56. The summed E-state index contributed by atoms with van der Waals surface area (Å²) in [5.74, 6) is 1.13. The van der Waals surface area contributed by atoms with Gasteiger partial charge in [-0.3, -0.25) is 4.79 Å². The van der Waals surface area contributed by atoms with Crippen LogP contribution in [-0.4, -0.2) is 36.5 Å². The summed E-state index contributed by atoms with van der Waals surface area (Å²) in [6, 6.07) is 0.580. The molecule has 1 aliphatic carbocycles. The third kappa shape index (κ3) is 1.92. The highest BCUT2D eigenvalue weighted by Gasteiger charge is 2.39. The molecule has 3 nitrogen and oxygen atoms in total. The van der Waals surface area contributed by atoms with Gasteiger partial charge < -0.3 is 10.2 Å². The van der Waals surface area contributed by atoms with Gasteiger partial charge in [-0.15, -0.1) is 0 Å². The van der Waals surface area contributed by atoms with E-state index in [0.29, 0.717) is 18.5 Å². The Morgan fingerprint density at radius 3 is 2.93 bits per heavy atom. The predicted octanol–water partition coefficient (Wildman–Crippen LogP) is 0.997. The molecule has 0 radical (unpaired) electrons. The third-order valence-corrected chi connectivity index (χ3v) is 3.43. The first kappa shape index (κ1) is 9.97. The summed E-state index contributed by atoms with van der Waals surface area (Å²) >= 11 is 0. The second-order valence-electron chi connectivity index (χ2n) is 4.56. The minimum absolute atomic E-state index is 0.311. The maximum Gasteiger partial charge on any atom is 0.236 e. The van der Waals surface area contributed by atoms with Crippen LogP contribution in [0.3, 0.4) is 0 Å². The summed E-state index contributed by atoms with van der Waals surface area (Å²) in [5.41, 5.74) is 0. The topological polar surface area (TPSA) is 32.3 Å². The van der Waals surface area contributed by atoms with Crippen LogP contribution in [0.25, 0.3) is 0 Å². The van der Waals surface area contributed by atoms with Crippen molar-refractivity contribution in [2.75, 3.05) is 19.6 Å². The molecule has 1 aliphatic heterocycles. The largest absolute Gasteiger partial charge is 0.338 e. The number of amides is 1. The minimum atomic E-state index is 0.311. The minimum Gasteiger partial charge on any atom is -0.338 e. The van der Waals surface area contributed by atoms with Crippen molar-refractivity contribution in [1.82, 2.24) is 10.2 Å². The van der Waals surface area contributed by atoms with E-state index in [-0.39, 0.29) is 0 Å². The van der Waals surface area contributed by atoms with E-state index >= 15 is 0 Å².